The van der Waals surface area contributed by atoms with Gasteiger partial charge in [0, 0.05) is 0 Å². The Morgan fingerprint density at radius 3 is 1.12 bits per heavy atom. The van der Waals surface area contributed by atoms with Crippen LogP contribution >= 0.6 is 0 Å². The normalized spacial score (nSPS) is 14.3. The summed E-state index contributed by atoms with van der Waals surface area (Å²) in [5, 5.41) is 23.2. The van der Waals surface area contributed by atoms with Gasteiger partial charge in [0.1, 0.15) is 0 Å². The van der Waals surface area contributed by atoms with E-state index in [0.29, 0.717) is 11.1 Å². The van der Waals surface area contributed by atoms with Crippen LogP contribution in [0.1, 0.15) is 54.2 Å². The Kier molecular flexibility index (Phi) is 7.28. The minimum absolute atomic E-state index is 0.169. The van der Waals surface area contributed by atoms with E-state index in [2.05, 4.69) is 148 Å². The number of benzene rings is 5. The van der Waals surface area contributed by atoms with Crippen molar-refractivity contribution < 1.29 is 0 Å². The summed E-state index contributed by atoms with van der Waals surface area (Å²) >= 11 is 0. The van der Waals surface area contributed by atoms with E-state index in [1.54, 1.807) is 0 Å². The number of nitriles is 2. The second-order valence-electron chi connectivity index (χ2n) is 12.0. The van der Waals surface area contributed by atoms with Gasteiger partial charge in [-0.1, -0.05) is 136 Å². The van der Waals surface area contributed by atoms with Gasteiger partial charge in [-0.25, -0.2) is 0 Å². The molecule has 6 rings (SSSR count). The van der Waals surface area contributed by atoms with E-state index in [9.17, 15) is 10.5 Å². The lowest BCUT2D eigenvalue weighted by Crippen LogP contribution is -2.56. The third-order valence-electron chi connectivity index (χ3n) is 8.56. The molecule has 0 amide bonds. The number of allylic oxidation sites excluding steroid dienone is 2. The molecule has 0 saturated carbocycles. The molecule has 1 aliphatic heterocycles. The number of rotatable bonds is 5. The predicted octanol–water partition coefficient (Wildman–Crippen LogP) is 9.20. The van der Waals surface area contributed by atoms with Crippen LogP contribution < -0.4 is 5.19 Å². The second kappa shape index (κ2) is 11.2. The van der Waals surface area contributed by atoms with Crippen molar-refractivity contribution >= 4 is 34.8 Å². The van der Waals surface area contributed by atoms with Gasteiger partial charge in [-0.2, -0.15) is 10.5 Å². The Morgan fingerprint density at radius 1 is 0.442 bits per heavy atom. The molecule has 0 radical (unpaired) electrons. The summed E-state index contributed by atoms with van der Waals surface area (Å²) in [6, 6.07) is 53.4. The van der Waals surface area contributed by atoms with E-state index in [4.69, 9.17) is 0 Å². The van der Waals surface area contributed by atoms with Crippen LogP contribution in [0.2, 0.25) is 5.04 Å². The zero-order valence-electron chi connectivity index (χ0n) is 24.7. The second-order valence-corrected chi connectivity index (χ2v) is 16.6. The van der Waals surface area contributed by atoms with E-state index >= 15 is 0 Å². The lowest BCUT2D eigenvalue weighted by molar-refractivity contribution is 0.741. The van der Waals surface area contributed by atoms with Crippen LogP contribution in [0.3, 0.4) is 0 Å². The summed E-state index contributed by atoms with van der Waals surface area (Å²) in [6.45, 7) is 7.15. The summed E-state index contributed by atoms with van der Waals surface area (Å²) in [5.41, 5.74) is 8.39. The van der Waals surface area contributed by atoms with Crippen LogP contribution in [0.5, 0.6) is 0 Å². The van der Waals surface area contributed by atoms with Crippen molar-refractivity contribution in [2.45, 2.75) is 25.8 Å². The fourth-order valence-electron chi connectivity index (χ4n) is 6.84. The number of hydrogen-bond acceptors (Lipinski definition) is 2. The van der Waals surface area contributed by atoms with Gasteiger partial charge in [0.2, 0.25) is 0 Å². The van der Waals surface area contributed by atoms with Gasteiger partial charge in [0.15, 0.2) is 8.07 Å². The summed E-state index contributed by atoms with van der Waals surface area (Å²) in [4.78, 5) is 0. The highest BCUT2D eigenvalue weighted by atomic mass is 28.3. The maximum Gasteiger partial charge on any atom is 0.156 e. The van der Waals surface area contributed by atoms with Crippen molar-refractivity contribution in [3.63, 3.8) is 0 Å². The molecule has 3 heteroatoms. The molecule has 43 heavy (non-hydrogen) atoms. The van der Waals surface area contributed by atoms with E-state index in [1.807, 2.05) is 24.3 Å². The molecule has 0 aromatic heterocycles. The summed E-state index contributed by atoms with van der Waals surface area (Å²) in [5.74, 6) is 0. The smallest absolute Gasteiger partial charge is 0.156 e. The molecule has 0 bridgehead atoms. The maximum atomic E-state index is 9.67. The molecule has 0 spiro atoms. The highest BCUT2D eigenvalue weighted by molar-refractivity contribution is 7.23. The van der Waals surface area contributed by atoms with Crippen LogP contribution in [0.25, 0.3) is 21.5 Å². The molecule has 206 valence electrons. The third-order valence-corrected chi connectivity index (χ3v) is 14.6. The lowest BCUT2D eigenvalue weighted by Gasteiger charge is -2.45. The van der Waals surface area contributed by atoms with Crippen molar-refractivity contribution in [1.29, 1.82) is 10.5 Å². The average Bonchev–Trinajstić information content (AvgIpc) is 3.39. The van der Waals surface area contributed by atoms with E-state index in [1.165, 1.54) is 37.9 Å². The van der Waals surface area contributed by atoms with Crippen LogP contribution in [-0.2, 0) is 0 Å². The molecule has 1 heterocycles. The number of hydrogen-bond donors (Lipinski definition) is 0. The fraction of sp³-hybridized carbons (Fsp3) is 0.100. The largest absolute Gasteiger partial charge is 0.192 e. The van der Waals surface area contributed by atoms with E-state index in [0.717, 1.165) is 11.1 Å². The zero-order chi connectivity index (χ0) is 30.0. The van der Waals surface area contributed by atoms with Crippen LogP contribution in [0.4, 0.5) is 0 Å². The monoisotopic (exact) mass is 568 g/mol. The first-order valence-electron chi connectivity index (χ1n) is 14.6. The van der Waals surface area contributed by atoms with Crippen LogP contribution in [0.15, 0.2) is 140 Å². The molecule has 0 saturated heterocycles. The topological polar surface area (TPSA) is 47.6 Å². The van der Waals surface area contributed by atoms with Crippen molar-refractivity contribution in [2.24, 2.45) is 0 Å². The van der Waals surface area contributed by atoms with Gasteiger partial charge in [0.25, 0.3) is 0 Å². The summed E-state index contributed by atoms with van der Waals surface area (Å²) < 4.78 is 0. The molecule has 2 nitrogen and oxygen atoms in total. The Labute approximate surface area is 255 Å². The summed E-state index contributed by atoms with van der Waals surface area (Å²) in [7, 11) is -2.90. The molecule has 0 unspecified atom stereocenters. The Hall–Kier alpha value is -5.22. The molecule has 0 fully saturated rings. The van der Waals surface area contributed by atoms with Gasteiger partial charge < -0.3 is 0 Å². The van der Waals surface area contributed by atoms with Gasteiger partial charge in [-0.3, -0.25) is 0 Å². The Balaban J connectivity index is 1.89. The molecule has 0 atom stereocenters. The van der Waals surface area contributed by atoms with E-state index < -0.39 is 8.07 Å². The summed E-state index contributed by atoms with van der Waals surface area (Å²) in [6.07, 6.45) is 0. The van der Waals surface area contributed by atoms with Gasteiger partial charge in [0.05, 0.1) is 23.3 Å². The molecule has 5 aromatic carbocycles. The SMILES string of the molecule is CC(C)(C)[Si]1(c2ccccc2)C(c2ccc(C#N)cc2)=C(c2ccccc2)C(c2ccccc2)=C1c1ccc(C#N)cc1. The van der Waals surface area contributed by atoms with Crippen LogP contribution in [0, 0.1) is 22.7 Å². The van der Waals surface area contributed by atoms with Gasteiger partial charge in [-0.15, -0.1) is 0 Å². The van der Waals surface area contributed by atoms with Gasteiger partial charge in [-0.05, 0) is 78.3 Å². The third kappa shape index (κ3) is 4.65. The molecule has 0 aliphatic carbocycles. The quantitative estimate of drug-likeness (QED) is 0.198. The molecular weight excluding hydrogens is 537 g/mol. The van der Waals surface area contributed by atoms with E-state index in [-0.39, 0.29) is 5.04 Å². The molecule has 0 N–H and O–H groups in total. The first-order chi connectivity index (χ1) is 20.9. The van der Waals surface area contributed by atoms with Crippen molar-refractivity contribution in [3.8, 4) is 12.1 Å². The predicted molar refractivity (Wildman–Crippen MR) is 180 cm³/mol. The average molecular weight is 569 g/mol. The van der Waals surface area contributed by atoms with Crippen molar-refractivity contribution in [3.05, 3.63) is 173 Å². The highest BCUT2D eigenvalue weighted by Crippen LogP contribution is 2.62. The van der Waals surface area contributed by atoms with Crippen molar-refractivity contribution in [1.82, 2.24) is 0 Å². The Morgan fingerprint density at radius 2 is 0.791 bits per heavy atom. The zero-order valence-corrected chi connectivity index (χ0v) is 25.7. The van der Waals surface area contributed by atoms with Gasteiger partial charge >= 0.3 is 0 Å². The maximum absolute atomic E-state index is 9.67. The molecule has 5 aromatic rings. The first kappa shape index (κ1) is 27.9. The standard InChI is InChI=1S/C40H32N2Si/c1-40(2,3)43(35-17-11-6-12-18-35)38(33-23-19-29(27-41)20-24-33)36(31-13-7-4-8-14-31)37(32-15-9-5-10-16-32)39(43)34-25-21-30(28-42)22-26-34/h4-26H,1-3H3. The fourth-order valence-corrected chi connectivity index (χ4v) is 13.2. The minimum atomic E-state index is -2.90. The molecule has 1 aliphatic rings. The van der Waals surface area contributed by atoms with Crippen molar-refractivity contribution in [2.75, 3.05) is 0 Å². The highest BCUT2D eigenvalue weighted by Gasteiger charge is 2.58. The lowest BCUT2D eigenvalue weighted by atomic mass is 9.89. The van der Waals surface area contributed by atoms with Crippen LogP contribution in [-0.4, -0.2) is 8.07 Å². The number of nitrogens with zero attached hydrogens (tertiary/aromatic N) is 2. The minimum Gasteiger partial charge on any atom is -0.192 e. The first-order valence-corrected chi connectivity index (χ1v) is 16.6. The Bertz CT molecular complexity index is 1800. The molecular formula is C40H32N2Si.